The predicted molar refractivity (Wildman–Crippen MR) is 54.3 cm³/mol. The summed E-state index contributed by atoms with van der Waals surface area (Å²) in [6.45, 7) is 4.07. The smallest absolute Gasteiger partial charge is 0.123 e. The van der Waals surface area contributed by atoms with E-state index in [-0.39, 0.29) is 4.90 Å². The van der Waals surface area contributed by atoms with Gasteiger partial charge in [-0.2, -0.15) is 0 Å². The molecule has 0 N–H and O–H groups in total. The van der Waals surface area contributed by atoms with E-state index in [9.17, 15) is 8.76 Å². The first kappa shape index (κ1) is 11.2. The molecule has 1 rings (SSSR count). The summed E-state index contributed by atoms with van der Waals surface area (Å²) in [7, 11) is 1.54. The van der Waals surface area contributed by atoms with E-state index in [4.69, 9.17) is 4.74 Å². The molecule has 0 radical (unpaired) electrons. The lowest BCUT2D eigenvalue weighted by atomic mass is 10.0. The minimum absolute atomic E-state index is 0.256. The third-order valence-electron chi connectivity index (χ3n) is 2.02. The van der Waals surface area contributed by atoms with Gasteiger partial charge in [-0.1, -0.05) is 19.9 Å². The van der Waals surface area contributed by atoms with E-state index in [0.717, 1.165) is 5.56 Å². The molecule has 78 valence electrons. The molecular weight excluding hydrogens is 200 g/mol. The van der Waals surface area contributed by atoms with Crippen LogP contribution in [0, 0.1) is 0 Å². The van der Waals surface area contributed by atoms with Crippen LogP contribution in [-0.4, -0.2) is 15.9 Å². The van der Waals surface area contributed by atoms with Crippen LogP contribution in [0.15, 0.2) is 23.1 Å². The zero-order valence-corrected chi connectivity index (χ0v) is 9.26. The fourth-order valence-electron chi connectivity index (χ4n) is 1.27. The number of benzene rings is 1. The second-order valence-corrected chi connectivity index (χ2v) is 4.23. The van der Waals surface area contributed by atoms with Gasteiger partial charge in [0.2, 0.25) is 0 Å². The highest BCUT2D eigenvalue weighted by Gasteiger charge is 2.07. The van der Waals surface area contributed by atoms with Crippen LogP contribution in [0.25, 0.3) is 0 Å². The second-order valence-electron chi connectivity index (χ2n) is 3.29. The van der Waals surface area contributed by atoms with Crippen molar-refractivity contribution in [3.8, 4) is 5.75 Å². The van der Waals surface area contributed by atoms with Crippen LogP contribution in [0.4, 0.5) is 0 Å². The van der Waals surface area contributed by atoms with Crippen molar-refractivity contribution in [2.75, 3.05) is 7.11 Å². The standard InChI is InChI=1S/C10H14O3S/c1-7(2)9-5-4-8(14(11)12)6-10(9)13-3/h4-7H,1-3H3,(H,11,12)/p-1. The lowest BCUT2D eigenvalue weighted by Crippen LogP contribution is -1.97. The Morgan fingerprint density at radius 3 is 2.50 bits per heavy atom. The van der Waals surface area contributed by atoms with Gasteiger partial charge in [0, 0.05) is 4.90 Å². The van der Waals surface area contributed by atoms with E-state index < -0.39 is 11.1 Å². The summed E-state index contributed by atoms with van der Waals surface area (Å²) in [5, 5.41) is 0. The molecule has 4 heteroatoms. The first-order valence-corrected chi connectivity index (χ1v) is 5.41. The monoisotopic (exact) mass is 213 g/mol. The van der Waals surface area contributed by atoms with Gasteiger partial charge in [0.05, 0.1) is 7.11 Å². The zero-order valence-electron chi connectivity index (χ0n) is 8.44. The van der Waals surface area contributed by atoms with E-state index in [1.165, 1.54) is 0 Å². The molecule has 0 saturated carbocycles. The van der Waals surface area contributed by atoms with E-state index in [0.29, 0.717) is 11.7 Å². The first-order chi connectivity index (χ1) is 6.56. The number of hydrogen-bond donors (Lipinski definition) is 0. The lowest BCUT2D eigenvalue weighted by Gasteiger charge is -2.14. The summed E-state index contributed by atoms with van der Waals surface area (Å²) < 4.78 is 26.5. The number of hydrogen-bond acceptors (Lipinski definition) is 3. The van der Waals surface area contributed by atoms with Crippen LogP contribution < -0.4 is 4.74 Å². The lowest BCUT2D eigenvalue weighted by molar-refractivity contribution is 0.406. The molecule has 0 saturated heterocycles. The van der Waals surface area contributed by atoms with Gasteiger partial charge in [-0.05, 0) is 34.7 Å². The average Bonchev–Trinajstić information content (AvgIpc) is 2.16. The van der Waals surface area contributed by atoms with Crippen molar-refractivity contribution in [1.29, 1.82) is 0 Å². The molecule has 0 aromatic heterocycles. The Balaban J connectivity index is 3.18. The summed E-state index contributed by atoms with van der Waals surface area (Å²) in [6.07, 6.45) is 0. The third kappa shape index (κ3) is 2.33. The molecule has 1 aromatic carbocycles. The Bertz CT molecular complexity index is 347. The van der Waals surface area contributed by atoms with Crippen molar-refractivity contribution < 1.29 is 13.5 Å². The molecule has 0 heterocycles. The fraction of sp³-hybridized carbons (Fsp3) is 0.400. The van der Waals surface area contributed by atoms with Crippen LogP contribution in [0.3, 0.4) is 0 Å². The molecule has 1 atom stereocenters. The highest BCUT2D eigenvalue weighted by Crippen LogP contribution is 2.27. The topological polar surface area (TPSA) is 49.4 Å². The molecule has 0 spiro atoms. The van der Waals surface area contributed by atoms with Gasteiger partial charge in [-0.25, -0.2) is 0 Å². The fourth-order valence-corrected chi connectivity index (χ4v) is 1.65. The van der Waals surface area contributed by atoms with Gasteiger partial charge < -0.3 is 9.29 Å². The van der Waals surface area contributed by atoms with E-state index in [1.54, 1.807) is 25.3 Å². The molecule has 0 fully saturated rings. The molecular formula is C10H13O3S-. The third-order valence-corrected chi connectivity index (χ3v) is 2.66. The largest absolute Gasteiger partial charge is 0.768 e. The molecule has 0 bridgehead atoms. The van der Waals surface area contributed by atoms with Gasteiger partial charge >= 0.3 is 0 Å². The zero-order chi connectivity index (χ0) is 10.7. The molecule has 1 unspecified atom stereocenters. The molecule has 14 heavy (non-hydrogen) atoms. The highest BCUT2D eigenvalue weighted by molar-refractivity contribution is 7.79. The van der Waals surface area contributed by atoms with Gasteiger partial charge in [0.25, 0.3) is 0 Å². The van der Waals surface area contributed by atoms with Crippen molar-refractivity contribution in [2.45, 2.75) is 24.7 Å². The van der Waals surface area contributed by atoms with Crippen LogP contribution in [-0.2, 0) is 11.1 Å². The van der Waals surface area contributed by atoms with Crippen LogP contribution in [0.1, 0.15) is 25.3 Å². The van der Waals surface area contributed by atoms with Gasteiger partial charge in [-0.3, -0.25) is 4.21 Å². The number of rotatable bonds is 3. The maximum absolute atomic E-state index is 10.7. The first-order valence-electron chi connectivity index (χ1n) is 4.33. The summed E-state index contributed by atoms with van der Waals surface area (Å²) in [6, 6.07) is 4.91. The molecule has 0 aliphatic heterocycles. The van der Waals surface area contributed by atoms with E-state index in [2.05, 4.69) is 0 Å². The molecule has 3 nitrogen and oxygen atoms in total. The van der Waals surface area contributed by atoms with Crippen molar-refractivity contribution in [3.05, 3.63) is 23.8 Å². The second kappa shape index (κ2) is 4.57. The Kier molecular flexibility index (Phi) is 3.66. The summed E-state index contributed by atoms with van der Waals surface area (Å²) >= 11 is -2.19. The normalized spacial score (nSPS) is 12.9. The van der Waals surface area contributed by atoms with Gasteiger partial charge in [0.1, 0.15) is 5.75 Å². The van der Waals surface area contributed by atoms with Crippen molar-refractivity contribution >= 4 is 11.1 Å². The maximum atomic E-state index is 10.7. The Morgan fingerprint density at radius 1 is 1.43 bits per heavy atom. The number of ether oxygens (including phenoxy) is 1. The van der Waals surface area contributed by atoms with Crippen LogP contribution >= 0.6 is 0 Å². The van der Waals surface area contributed by atoms with Gasteiger partial charge in [-0.15, -0.1) is 0 Å². The highest BCUT2D eigenvalue weighted by atomic mass is 32.2. The van der Waals surface area contributed by atoms with Crippen molar-refractivity contribution in [3.63, 3.8) is 0 Å². The number of methoxy groups -OCH3 is 1. The molecule has 0 amide bonds. The van der Waals surface area contributed by atoms with Crippen LogP contribution in [0.2, 0.25) is 0 Å². The summed E-state index contributed by atoms with van der Waals surface area (Å²) in [4.78, 5) is 0.256. The molecule has 0 aliphatic rings. The van der Waals surface area contributed by atoms with E-state index in [1.807, 2.05) is 13.8 Å². The maximum Gasteiger partial charge on any atom is 0.123 e. The quantitative estimate of drug-likeness (QED) is 0.722. The average molecular weight is 213 g/mol. The molecule has 1 aromatic rings. The Labute approximate surface area is 86.4 Å². The SMILES string of the molecule is COc1cc(S(=O)[O-])ccc1C(C)C. The Hall–Kier alpha value is -0.870. The summed E-state index contributed by atoms with van der Waals surface area (Å²) in [5.74, 6) is 0.945. The van der Waals surface area contributed by atoms with Crippen molar-refractivity contribution in [1.82, 2.24) is 0 Å². The Morgan fingerprint density at radius 2 is 2.07 bits per heavy atom. The van der Waals surface area contributed by atoms with Crippen LogP contribution in [0.5, 0.6) is 5.75 Å². The minimum Gasteiger partial charge on any atom is -0.768 e. The van der Waals surface area contributed by atoms with Crippen molar-refractivity contribution in [2.24, 2.45) is 0 Å². The molecule has 0 aliphatic carbocycles. The van der Waals surface area contributed by atoms with E-state index >= 15 is 0 Å². The minimum atomic E-state index is -2.19. The predicted octanol–water partition coefficient (Wildman–Crippen LogP) is 2.06. The summed E-state index contributed by atoms with van der Waals surface area (Å²) in [5.41, 5.74) is 1.02. The van der Waals surface area contributed by atoms with Gasteiger partial charge in [0.15, 0.2) is 0 Å².